The number of benzene rings is 1. The summed E-state index contributed by atoms with van der Waals surface area (Å²) in [5.74, 6) is -1.82. The van der Waals surface area contributed by atoms with Crippen molar-refractivity contribution in [1.82, 2.24) is 4.90 Å². The maximum absolute atomic E-state index is 14.1. The van der Waals surface area contributed by atoms with E-state index < -0.39 is 23.3 Å². The van der Waals surface area contributed by atoms with Crippen molar-refractivity contribution in [3.05, 3.63) is 29.3 Å². The fourth-order valence-electron chi connectivity index (χ4n) is 3.84. The number of nitriles is 1. The van der Waals surface area contributed by atoms with Crippen molar-refractivity contribution >= 4 is 11.8 Å². The Balaban J connectivity index is 2.58. The quantitative estimate of drug-likeness (QED) is 0.835. The molecule has 0 aliphatic carbocycles. The number of rotatable bonds is 1. The molecule has 1 unspecified atom stereocenters. The van der Waals surface area contributed by atoms with Gasteiger partial charge in [0.1, 0.15) is 23.3 Å². The van der Waals surface area contributed by atoms with E-state index in [1.165, 1.54) is 11.0 Å². The molecule has 25 heavy (non-hydrogen) atoms. The first kappa shape index (κ1) is 19.0. The molecule has 1 aliphatic heterocycles. The van der Waals surface area contributed by atoms with Gasteiger partial charge in [0.25, 0.3) is 0 Å². The first-order chi connectivity index (χ1) is 11.5. The van der Waals surface area contributed by atoms with Crippen molar-refractivity contribution in [2.24, 2.45) is 5.41 Å². The molecule has 5 nitrogen and oxygen atoms in total. The molecule has 0 saturated carbocycles. The molecule has 1 aromatic carbocycles. The summed E-state index contributed by atoms with van der Waals surface area (Å²) in [6, 6.07) is 2.90. The van der Waals surface area contributed by atoms with E-state index in [4.69, 9.17) is 5.26 Å². The largest absolute Gasteiger partial charge is 0.465 e. The summed E-state index contributed by atoms with van der Waals surface area (Å²) in [7, 11) is 0. The normalized spacial score (nSPS) is 24.2. The van der Waals surface area contributed by atoms with Crippen molar-refractivity contribution in [2.45, 2.75) is 52.7 Å². The fourth-order valence-corrected chi connectivity index (χ4v) is 3.84. The minimum Gasteiger partial charge on any atom is -0.465 e. The van der Waals surface area contributed by atoms with Crippen LogP contribution in [0.3, 0.4) is 0 Å². The van der Waals surface area contributed by atoms with Crippen LogP contribution < -0.4 is 4.90 Å². The Morgan fingerprint density at radius 3 is 2.20 bits per heavy atom. The standard InChI is InChI=1S/C18H23F2N3O2/c1-10-9-22(17(24)25)11(2)16(18(3,4)5)23(10)12-6-14(19)13(8-21)15(20)7-12/h6-7,10-11,16H,9H2,1-5H3,(H,24,25)/t10-,11+,16?/m0/s1. The second-order valence-electron chi connectivity index (χ2n) is 7.64. The van der Waals surface area contributed by atoms with Crippen molar-refractivity contribution in [1.29, 1.82) is 5.26 Å². The maximum Gasteiger partial charge on any atom is 0.407 e. The summed E-state index contributed by atoms with van der Waals surface area (Å²) in [6.07, 6.45) is -1.01. The zero-order valence-corrected chi connectivity index (χ0v) is 15.0. The molecule has 1 heterocycles. The average molecular weight is 351 g/mol. The number of hydrogen-bond donors (Lipinski definition) is 1. The molecular formula is C18H23F2N3O2. The zero-order chi connectivity index (χ0) is 19.1. The molecule has 1 aromatic rings. The molecule has 0 aromatic heterocycles. The molecule has 2 rings (SSSR count). The van der Waals surface area contributed by atoms with Gasteiger partial charge >= 0.3 is 6.09 Å². The first-order valence-electron chi connectivity index (χ1n) is 8.16. The van der Waals surface area contributed by atoms with Crippen molar-refractivity contribution < 1.29 is 18.7 Å². The van der Waals surface area contributed by atoms with Crippen LogP contribution in [0, 0.1) is 28.4 Å². The predicted octanol–water partition coefficient (Wildman–Crippen LogP) is 3.83. The molecule has 7 heteroatoms. The van der Waals surface area contributed by atoms with Gasteiger partial charge in [-0.15, -0.1) is 0 Å². The van der Waals surface area contributed by atoms with E-state index in [9.17, 15) is 18.7 Å². The third-order valence-corrected chi connectivity index (χ3v) is 4.75. The smallest absolute Gasteiger partial charge is 0.407 e. The van der Waals surface area contributed by atoms with Crippen LogP contribution in [-0.2, 0) is 0 Å². The highest BCUT2D eigenvalue weighted by Crippen LogP contribution is 2.38. The minimum absolute atomic E-state index is 0.228. The van der Waals surface area contributed by atoms with Crippen LogP contribution in [0.1, 0.15) is 40.2 Å². The number of nitrogens with zero attached hydrogens (tertiary/aromatic N) is 3. The number of piperazine rings is 1. The number of anilines is 1. The summed E-state index contributed by atoms with van der Waals surface area (Å²) in [5.41, 5.74) is -0.637. The van der Waals surface area contributed by atoms with E-state index in [1.54, 1.807) is 6.92 Å². The van der Waals surface area contributed by atoms with Gasteiger partial charge in [-0.3, -0.25) is 0 Å². The minimum atomic E-state index is -1.01. The van der Waals surface area contributed by atoms with E-state index in [2.05, 4.69) is 0 Å². The van der Waals surface area contributed by atoms with Gasteiger partial charge < -0.3 is 14.9 Å². The van der Waals surface area contributed by atoms with Gasteiger partial charge in [0.2, 0.25) is 0 Å². The maximum atomic E-state index is 14.1. The number of carboxylic acid groups (broad SMARTS) is 1. The summed E-state index contributed by atoms with van der Waals surface area (Å²) in [6.45, 7) is 9.76. The second kappa shape index (κ2) is 6.51. The van der Waals surface area contributed by atoms with E-state index in [0.717, 1.165) is 12.1 Å². The molecule has 1 N–H and O–H groups in total. The second-order valence-corrected chi connectivity index (χ2v) is 7.64. The molecule has 3 atom stereocenters. The van der Waals surface area contributed by atoms with E-state index in [0.29, 0.717) is 5.69 Å². The highest BCUT2D eigenvalue weighted by Gasteiger charge is 2.45. The van der Waals surface area contributed by atoms with Crippen molar-refractivity contribution in [3.63, 3.8) is 0 Å². The van der Waals surface area contributed by atoms with Crippen LogP contribution >= 0.6 is 0 Å². The molecule has 136 valence electrons. The monoisotopic (exact) mass is 351 g/mol. The van der Waals surface area contributed by atoms with Crippen LogP contribution in [0.2, 0.25) is 0 Å². The molecule has 1 amide bonds. The van der Waals surface area contributed by atoms with Gasteiger partial charge in [0, 0.05) is 18.3 Å². The van der Waals surface area contributed by atoms with Crippen LogP contribution in [0.5, 0.6) is 0 Å². The van der Waals surface area contributed by atoms with Gasteiger partial charge in [-0.05, 0) is 31.4 Å². The summed E-state index contributed by atoms with van der Waals surface area (Å²) in [4.78, 5) is 14.8. The van der Waals surface area contributed by atoms with E-state index >= 15 is 0 Å². The van der Waals surface area contributed by atoms with E-state index in [1.807, 2.05) is 32.6 Å². The number of halogens is 2. The Kier molecular flexibility index (Phi) is 4.94. The lowest BCUT2D eigenvalue weighted by molar-refractivity contribution is 0.0717. The Bertz CT molecular complexity index is 701. The molecule has 1 fully saturated rings. The molecule has 1 aliphatic rings. The van der Waals surface area contributed by atoms with Crippen LogP contribution in [0.4, 0.5) is 19.3 Å². The SMILES string of the molecule is C[C@@H]1C(C(C)(C)C)N(c2cc(F)c(C#N)c(F)c2)[C@@H](C)CN1C(=O)O. The fraction of sp³-hybridized carbons (Fsp3) is 0.556. The lowest BCUT2D eigenvalue weighted by atomic mass is 9.78. The highest BCUT2D eigenvalue weighted by atomic mass is 19.1. The predicted molar refractivity (Wildman–Crippen MR) is 90.4 cm³/mol. The molecule has 0 radical (unpaired) electrons. The summed E-state index contributed by atoms with van der Waals surface area (Å²) >= 11 is 0. The zero-order valence-electron chi connectivity index (χ0n) is 15.0. The Labute approximate surface area is 146 Å². The number of carbonyl (C=O) groups is 1. The van der Waals surface area contributed by atoms with Crippen molar-refractivity contribution in [3.8, 4) is 6.07 Å². The van der Waals surface area contributed by atoms with Gasteiger partial charge in [0.05, 0.1) is 12.1 Å². The lowest BCUT2D eigenvalue weighted by Crippen LogP contribution is -2.67. The lowest BCUT2D eigenvalue weighted by Gasteiger charge is -2.54. The first-order valence-corrected chi connectivity index (χ1v) is 8.16. The van der Waals surface area contributed by atoms with Gasteiger partial charge in [-0.25, -0.2) is 13.6 Å². The molecule has 1 saturated heterocycles. The van der Waals surface area contributed by atoms with E-state index in [-0.39, 0.29) is 30.1 Å². The third kappa shape index (κ3) is 3.39. The number of amides is 1. The number of hydrogen-bond acceptors (Lipinski definition) is 3. The Morgan fingerprint density at radius 2 is 1.80 bits per heavy atom. The Hall–Kier alpha value is -2.36. The highest BCUT2D eigenvalue weighted by molar-refractivity contribution is 5.67. The topological polar surface area (TPSA) is 67.6 Å². The molecule has 0 spiro atoms. The van der Waals surface area contributed by atoms with Gasteiger partial charge in [-0.1, -0.05) is 20.8 Å². The van der Waals surface area contributed by atoms with Gasteiger partial charge in [-0.2, -0.15) is 5.26 Å². The van der Waals surface area contributed by atoms with Crippen LogP contribution in [0.25, 0.3) is 0 Å². The van der Waals surface area contributed by atoms with Crippen LogP contribution in [0.15, 0.2) is 12.1 Å². The molecular weight excluding hydrogens is 328 g/mol. The summed E-state index contributed by atoms with van der Waals surface area (Å²) in [5, 5.41) is 18.3. The molecule has 0 bridgehead atoms. The Morgan fingerprint density at radius 1 is 1.28 bits per heavy atom. The summed E-state index contributed by atoms with van der Waals surface area (Å²) < 4.78 is 28.3. The third-order valence-electron chi connectivity index (χ3n) is 4.75. The van der Waals surface area contributed by atoms with Crippen molar-refractivity contribution in [2.75, 3.05) is 11.4 Å². The average Bonchev–Trinajstić information content (AvgIpc) is 2.46. The van der Waals surface area contributed by atoms with Crippen LogP contribution in [-0.4, -0.2) is 40.8 Å². The van der Waals surface area contributed by atoms with Gasteiger partial charge in [0.15, 0.2) is 0 Å².